The number of ether oxygens (including phenoxy) is 1. The molecule has 2 aliphatic carbocycles. The molecule has 0 saturated heterocycles. The number of hydrogen-bond donors (Lipinski definition) is 1. The van der Waals surface area contributed by atoms with E-state index in [9.17, 15) is 14.4 Å². The van der Waals surface area contributed by atoms with Crippen molar-refractivity contribution in [2.24, 2.45) is 10.8 Å². The molecule has 1 N–H and O–H groups in total. The third-order valence-corrected chi connectivity index (χ3v) is 9.87. The second-order valence-electron chi connectivity index (χ2n) is 15.1. The highest BCUT2D eigenvalue weighted by molar-refractivity contribution is 6.07. The summed E-state index contributed by atoms with van der Waals surface area (Å²) in [6.45, 7) is 13.2. The molecule has 0 spiro atoms. The van der Waals surface area contributed by atoms with E-state index >= 15 is 0 Å². The first-order valence-electron chi connectivity index (χ1n) is 16.7. The molecule has 0 radical (unpaired) electrons. The number of hydrogen-bond acceptors (Lipinski definition) is 5. The number of nitrogens with zero attached hydrogens (tertiary/aromatic N) is 1. The Hall–Kier alpha value is -4.45. The Morgan fingerprint density at radius 3 is 2.00 bits per heavy atom. The second kappa shape index (κ2) is 12.6. The zero-order chi connectivity index (χ0) is 33.5. The van der Waals surface area contributed by atoms with Crippen LogP contribution in [-0.4, -0.2) is 35.5 Å². The predicted molar refractivity (Wildman–Crippen MR) is 186 cm³/mol. The highest BCUT2D eigenvalue weighted by atomic mass is 16.5. The summed E-state index contributed by atoms with van der Waals surface area (Å²) in [5, 5.41) is 2.94. The van der Waals surface area contributed by atoms with Gasteiger partial charge < -0.3 is 15.0 Å². The molecule has 0 unspecified atom stereocenters. The molecular formula is C41H46N2O4. The first-order chi connectivity index (χ1) is 22.3. The van der Waals surface area contributed by atoms with Crippen LogP contribution in [0, 0.1) is 24.7 Å². The maximum atomic E-state index is 14.3. The Kier molecular flexibility index (Phi) is 8.73. The number of para-hydroxylation sites is 1. The SMILES string of the molecule is Cc1ccc(NC(=O)COc2ccccc2C2C3=C(CC(C)(C)CC3=O)N(CCc3ccccc3)C3=C2C(=O)CC(C)(C)C3)cc1C. The van der Waals surface area contributed by atoms with E-state index in [1.165, 1.54) is 5.56 Å². The van der Waals surface area contributed by atoms with Crippen LogP contribution in [0.15, 0.2) is 95.3 Å². The van der Waals surface area contributed by atoms with E-state index in [0.717, 1.165) is 47.3 Å². The van der Waals surface area contributed by atoms with Gasteiger partial charge in [-0.15, -0.1) is 0 Å². The summed E-state index contributed by atoms with van der Waals surface area (Å²) in [4.78, 5) is 43.9. The van der Waals surface area contributed by atoms with Crippen LogP contribution in [0.5, 0.6) is 5.75 Å². The number of aryl methyl sites for hydroxylation is 2. The van der Waals surface area contributed by atoms with Crippen LogP contribution < -0.4 is 10.1 Å². The van der Waals surface area contributed by atoms with E-state index in [4.69, 9.17) is 4.74 Å². The molecule has 0 aromatic heterocycles. The minimum absolute atomic E-state index is 0.0810. The van der Waals surface area contributed by atoms with Gasteiger partial charge in [0.2, 0.25) is 0 Å². The Balaban J connectivity index is 1.40. The third kappa shape index (κ3) is 6.83. The summed E-state index contributed by atoms with van der Waals surface area (Å²) in [6.07, 6.45) is 3.12. The Morgan fingerprint density at radius 2 is 1.38 bits per heavy atom. The van der Waals surface area contributed by atoms with Gasteiger partial charge in [0.25, 0.3) is 5.91 Å². The van der Waals surface area contributed by atoms with E-state index in [1.807, 2.05) is 62.4 Å². The van der Waals surface area contributed by atoms with E-state index in [0.29, 0.717) is 42.0 Å². The highest BCUT2D eigenvalue weighted by Crippen LogP contribution is 2.55. The van der Waals surface area contributed by atoms with Gasteiger partial charge in [-0.2, -0.15) is 0 Å². The zero-order valence-electron chi connectivity index (χ0n) is 28.5. The van der Waals surface area contributed by atoms with Crippen LogP contribution in [0.1, 0.15) is 81.5 Å². The molecule has 3 aromatic rings. The number of nitrogens with one attached hydrogen (secondary N) is 1. The Labute approximate surface area is 278 Å². The first kappa shape index (κ1) is 32.5. The summed E-state index contributed by atoms with van der Waals surface area (Å²) in [5.41, 5.74) is 8.00. The lowest BCUT2D eigenvalue weighted by molar-refractivity contribution is -0.120. The third-order valence-electron chi connectivity index (χ3n) is 9.87. The monoisotopic (exact) mass is 630 g/mol. The molecule has 1 heterocycles. The Bertz CT molecular complexity index is 1740. The number of amides is 1. The van der Waals surface area contributed by atoms with Gasteiger partial charge in [0.1, 0.15) is 5.75 Å². The van der Waals surface area contributed by atoms with Gasteiger partial charge in [0, 0.05) is 59.1 Å². The molecule has 6 heteroatoms. The van der Waals surface area contributed by atoms with Gasteiger partial charge in [-0.25, -0.2) is 0 Å². The lowest BCUT2D eigenvalue weighted by Gasteiger charge is -2.49. The van der Waals surface area contributed by atoms with Crippen LogP contribution in [0.4, 0.5) is 5.69 Å². The normalized spacial score (nSPS) is 19.0. The van der Waals surface area contributed by atoms with Crippen LogP contribution in [0.3, 0.4) is 0 Å². The van der Waals surface area contributed by atoms with Crippen LogP contribution in [0.2, 0.25) is 0 Å². The lowest BCUT2D eigenvalue weighted by Crippen LogP contribution is -2.45. The maximum absolute atomic E-state index is 14.3. The number of rotatable bonds is 8. The maximum Gasteiger partial charge on any atom is 0.262 e. The molecule has 0 saturated carbocycles. The van der Waals surface area contributed by atoms with Gasteiger partial charge in [0.15, 0.2) is 18.2 Å². The van der Waals surface area contributed by atoms with Crippen LogP contribution in [0.25, 0.3) is 0 Å². The fourth-order valence-electron chi connectivity index (χ4n) is 7.52. The quantitative estimate of drug-likeness (QED) is 0.271. The number of anilines is 1. The molecule has 1 aliphatic heterocycles. The molecular weight excluding hydrogens is 584 g/mol. The fourth-order valence-corrected chi connectivity index (χ4v) is 7.52. The number of benzene rings is 3. The van der Waals surface area contributed by atoms with Gasteiger partial charge in [0.05, 0.1) is 0 Å². The number of carbonyl (C=O) groups excluding carboxylic acids is 3. The average molecular weight is 631 g/mol. The largest absolute Gasteiger partial charge is 0.483 e. The van der Waals surface area contributed by atoms with E-state index < -0.39 is 5.92 Å². The van der Waals surface area contributed by atoms with Crippen molar-refractivity contribution in [2.75, 3.05) is 18.5 Å². The Morgan fingerprint density at radius 1 is 0.787 bits per heavy atom. The van der Waals surface area contributed by atoms with E-state index in [2.05, 4.69) is 62.2 Å². The van der Waals surface area contributed by atoms with E-state index in [-0.39, 0.29) is 34.9 Å². The molecule has 3 aromatic carbocycles. The predicted octanol–water partition coefficient (Wildman–Crippen LogP) is 8.25. The van der Waals surface area contributed by atoms with Gasteiger partial charge in [-0.3, -0.25) is 14.4 Å². The average Bonchev–Trinajstić information content (AvgIpc) is 3.00. The molecule has 6 rings (SSSR count). The minimum Gasteiger partial charge on any atom is -0.483 e. The smallest absolute Gasteiger partial charge is 0.262 e. The van der Waals surface area contributed by atoms with Crippen molar-refractivity contribution in [2.45, 2.75) is 79.6 Å². The van der Waals surface area contributed by atoms with Crippen molar-refractivity contribution in [3.8, 4) is 5.75 Å². The minimum atomic E-state index is -0.542. The number of ketones is 2. The van der Waals surface area contributed by atoms with Crippen molar-refractivity contribution >= 4 is 23.2 Å². The van der Waals surface area contributed by atoms with Crippen LogP contribution in [-0.2, 0) is 20.8 Å². The van der Waals surface area contributed by atoms with Crippen molar-refractivity contribution in [3.05, 3.63) is 118 Å². The molecule has 6 nitrogen and oxygen atoms in total. The van der Waals surface area contributed by atoms with Crippen molar-refractivity contribution in [1.82, 2.24) is 4.90 Å². The second-order valence-corrected chi connectivity index (χ2v) is 15.1. The van der Waals surface area contributed by atoms with Crippen LogP contribution >= 0.6 is 0 Å². The summed E-state index contributed by atoms with van der Waals surface area (Å²) in [6, 6.07) is 23.8. The van der Waals surface area contributed by atoms with Gasteiger partial charge in [-0.1, -0.05) is 82.3 Å². The molecule has 1 amide bonds. The van der Waals surface area contributed by atoms with Crippen molar-refractivity contribution in [1.29, 1.82) is 0 Å². The number of allylic oxidation sites excluding steroid dienone is 4. The standard InChI is InChI=1S/C41H46N2O4/c1-26-16-17-29(20-27(26)2)42-36(46)25-47-35-15-11-10-14-30(35)37-38-31(21-40(3,4)23-33(38)44)43(19-18-28-12-8-7-9-13-28)32-22-41(5,6)24-34(45)39(32)37/h7-17,20,37H,18-19,21-25H2,1-6H3,(H,42,46). The van der Waals surface area contributed by atoms with Gasteiger partial charge in [-0.05, 0) is 78.8 Å². The molecule has 0 fully saturated rings. The molecule has 244 valence electrons. The summed E-state index contributed by atoms with van der Waals surface area (Å²) < 4.78 is 6.23. The van der Waals surface area contributed by atoms with E-state index in [1.54, 1.807) is 0 Å². The molecule has 47 heavy (non-hydrogen) atoms. The molecule has 3 aliphatic rings. The zero-order valence-corrected chi connectivity index (χ0v) is 28.5. The van der Waals surface area contributed by atoms with Crippen molar-refractivity contribution in [3.63, 3.8) is 0 Å². The highest BCUT2D eigenvalue weighted by Gasteiger charge is 2.49. The molecule has 0 bridgehead atoms. The topological polar surface area (TPSA) is 75.7 Å². The summed E-state index contributed by atoms with van der Waals surface area (Å²) in [7, 11) is 0. The number of carbonyl (C=O) groups is 3. The van der Waals surface area contributed by atoms with Crippen molar-refractivity contribution < 1.29 is 19.1 Å². The molecule has 0 atom stereocenters. The lowest BCUT2D eigenvalue weighted by atomic mass is 9.63. The van der Waals surface area contributed by atoms with Gasteiger partial charge >= 0.3 is 0 Å². The fraction of sp³-hybridized carbons (Fsp3) is 0.390. The summed E-state index contributed by atoms with van der Waals surface area (Å²) >= 11 is 0. The number of Topliss-reactive ketones (excluding diaryl/α,β-unsaturated/α-hetero) is 2. The first-order valence-corrected chi connectivity index (χ1v) is 16.7. The summed E-state index contributed by atoms with van der Waals surface area (Å²) in [5.74, 6) is -0.141.